The standard InChI is InChI=1S/C17H15NO2/c1-18-16(19)14-10-6-5-9-13(14)15(17(18)20)11-12-7-3-2-4-8-12/h2-10,15H,11H2,1H3. The first-order chi connectivity index (χ1) is 9.68. The van der Waals surface area contributed by atoms with Crippen molar-refractivity contribution < 1.29 is 9.59 Å². The molecule has 1 unspecified atom stereocenters. The number of rotatable bonds is 2. The van der Waals surface area contributed by atoms with E-state index in [9.17, 15) is 9.59 Å². The molecule has 2 aromatic rings. The number of fused-ring (bicyclic) bond motifs is 1. The minimum absolute atomic E-state index is 0.127. The highest BCUT2D eigenvalue weighted by Gasteiger charge is 2.36. The molecule has 0 fully saturated rings. The average molecular weight is 265 g/mol. The van der Waals surface area contributed by atoms with Crippen molar-refractivity contribution in [1.82, 2.24) is 4.90 Å². The molecule has 1 aliphatic rings. The molecule has 1 atom stereocenters. The lowest BCUT2D eigenvalue weighted by Gasteiger charge is -2.30. The molecule has 0 saturated heterocycles. The Labute approximate surface area is 117 Å². The Morgan fingerprint density at radius 1 is 0.950 bits per heavy atom. The van der Waals surface area contributed by atoms with E-state index in [1.807, 2.05) is 48.5 Å². The normalized spacial score (nSPS) is 18.1. The average Bonchev–Trinajstić information content (AvgIpc) is 2.50. The van der Waals surface area contributed by atoms with Gasteiger partial charge >= 0.3 is 0 Å². The third-order valence-electron chi connectivity index (χ3n) is 3.78. The maximum absolute atomic E-state index is 12.4. The van der Waals surface area contributed by atoms with Gasteiger partial charge in [-0.2, -0.15) is 0 Å². The van der Waals surface area contributed by atoms with Gasteiger partial charge in [0.25, 0.3) is 5.91 Å². The van der Waals surface area contributed by atoms with Crippen molar-refractivity contribution in [3.8, 4) is 0 Å². The summed E-state index contributed by atoms with van der Waals surface area (Å²) in [5, 5.41) is 0. The Morgan fingerprint density at radius 3 is 2.35 bits per heavy atom. The van der Waals surface area contributed by atoms with Crippen LogP contribution in [0.5, 0.6) is 0 Å². The van der Waals surface area contributed by atoms with Gasteiger partial charge in [0.1, 0.15) is 0 Å². The van der Waals surface area contributed by atoms with Crippen molar-refractivity contribution in [2.45, 2.75) is 12.3 Å². The van der Waals surface area contributed by atoms with Gasteiger partial charge < -0.3 is 0 Å². The van der Waals surface area contributed by atoms with E-state index in [1.54, 1.807) is 13.1 Å². The number of amides is 2. The molecule has 3 nitrogen and oxygen atoms in total. The zero-order chi connectivity index (χ0) is 14.1. The van der Waals surface area contributed by atoms with E-state index in [0.29, 0.717) is 12.0 Å². The molecule has 0 spiro atoms. The molecule has 0 aliphatic carbocycles. The maximum Gasteiger partial charge on any atom is 0.260 e. The van der Waals surface area contributed by atoms with Gasteiger partial charge in [0, 0.05) is 12.6 Å². The fraction of sp³-hybridized carbons (Fsp3) is 0.176. The van der Waals surface area contributed by atoms with Gasteiger partial charge in [0.05, 0.1) is 5.92 Å². The Hall–Kier alpha value is -2.42. The Morgan fingerprint density at radius 2 is 1.60 bits per heavy atom. The smallest absolute Gasteiger partial charge is 0.260 e. The molecule has 3 heteroatoms. The monoisotopic (exact) mass is 265 g/mol. The highest BCUT2D eigenvalue weighted by Crippen LogP contribution is 2.31. The summed E-state index contributed by atoms with van der Waals surface area (Å²) in [5.41, 5.74) is 2.57. The van der Waals surface area contributed by atoms with Gasteiger partial charge in [-0.1, -0.05) is 48.5 Å². The highest BCUT2D eigenvalue weighted by molar-refractivity contribution is 6.11. The predicted molar refractivity (Wildman–Crippen MR) is 76.4 cm³/mol. The predicted octanol–water partition coefficient (Wildman–Crippen LogP) is 2.63. The van der Waals surface area contributed by atoms with Gasteiger partial charge in [-0.3, -0.25) is 14.5 Å². The lowest BCUT2D eigenvalue weighted by Crippen LogP contribution is -2.42. The molecule has 2 aromatic carbocycles. The van der Waals surface area contributed by atoms with E-state index < -0.39 is 0 Å². The number of hydrogen-bond donors (Lipinski definition) is 0. The van der Waals surface area contributed by atoms with E-state index in [4.69, 9.17) is 0 Å². The molecule has 20 heavy (non-hydrogen) atoms. The molecule has 3 rings (SSSR count). The zero-order valence-electron chi connectivity index (χ0n) is 11.2. The van der Waals surface area contributed by atoms with E-state index >= 15 is 0 Å². The van der Waals surface area contributed by atoms with E-state index in [1.165, 1.54) is 4.90 Å². The van der Waals surface area contributed by atoms with Gasteiger partial charge in [-0.25, -0.2) is 0 Å². The number of nitrogens with zero attached hydrogens (tertiary/aromatic N) is 1. The first-order valence-corrected chi connectivity index (χ1v) is 6.63. The molecule has 1 heterocycles. The van der Waals surface area contributed by atoms with Gasteiger partial charge in [0.2, 0.25) is 5.91 Å². The Balaban J connectivity index is 2.03. The van der Waals surface area contributed by atoms with E-state index in [0.717, 1.165) is 11.1 Å². The first-order valence-electron chi connectivity index (χ1n) is 6.63. The quantitative estimate of drug-likeness (QED) is 0.783. The molecule has 0 bridgehead atoms. The van der Waals surface area contributed by atoms with Crippen LogP contribution in [0.15, 0.2) is 54.6 Å². The number of carbonyl (C=O) groups is 2. The largest absolute Gasteiger partial charge is 0.281 e. The van der Waals surface area contributed by atoms with Crippen LogP contribution in [0.4, 0.5) is 0 Å². The molecular formula is C17H15NO2. The van der Waals surface area contributed by atoms with Crippen molar-refractivity contribution in [3.63, 3.8) is 0 Å². The van der Waals surface area contributed by atoms with Crippen molar-refractivity contribution in [3.05, 3.63) is 71.3 Å². The molecule has 0 radical (unpaired) electrons. The van der Waals surface area contributed by atoms with Crippen molar-refractivity contribution >= 4 is 11.8 Å². The fourth-order valence-electron chi connectivity index (χ4n) is 2.69. The minimum atomic E-state index is -0.281. The van der Waals surface area contributed by atoms with Crippen LogP contribution in [-0.4, -0.2) is 23.8 Å². The molecule has 1 aliphatic heterocycles. The zero-order valence-corrected chi connectivity index (χ0v) is 11.2. The summed E-state index contributed by atoms with van der Waals surface area (Å²) in [6.45, 7) is 0. The van der Waals surface area contributed by atoms with Crippen LogP contribution >= 0.6 is 0 Å². The van der Waals surface area contributed by atoms with Crippen LogP contribution < -0.4 is 0 Å². The topological polar surface area (TPSA) is 37.4 Å². The first kappa shape index (κ1) is 12.6. The SMILES string of the molecule is CN1C(=O)c2ccccc2C(Cc2ccccc2)C1=O. The van der Waals surface area contributed by atoms with Crippen LogP contribution in [0.3, 0.4) is 0 Å². The molecular weight excluding hydrogens is 250 g/mol. The molecule has 0 N–H and O–H groups in total. The number of hydrogen-bond acceptors (Lipinski definition) is 2. The second-order valence-corrected chi connectivity index (χ2v) is 5.03. The second kappa shape index (κ2) is 4.93. The highest BCUT2D eigenvalue weighted by atomic mass is 16.2. The summed E-state index contributed by atoms with van der Waals surface area (Å²) in [6, 6.07) is 17.3. The van der Waals surface area contributed by atoms with E-state index in [-0.39, 0.29) is 17.7 Å². The third kappa shape index (κ3) is 2.01. The van der Waals surface area contributed by atoms with Crippen LogP contribution in [0, 0.1) is 0 Å². The van der Waals surface area contributed by atoms with Gasteiger partial charge in [-0.15, -0.1) is 0 Å². The van der Waals surface area contributed by atoms with Crippen LogP contribution in [0.1, 0.15) is 27.4 Å². The van der Waals surface area contributed by atoms with Crippen LogP contribution in [0.2, 0.25) is 0 Å². The van der Waals surface area contributed by atoms with Crippen LogP contribution in [-0.2, 0) is 11.2 Å². The van der Waals surface area contributed by atoms with Crippen LogP contribution in [0.25, 0.3) is 0 Å². The summed E-state index contributed by atoms with van der Waals surface area (Å²) < 4.78 is 0. The number of carbonyl (C=O) groups excluding carboxylic acids is 2. The van der Waals surface area contributed by atoms with Crippen molar-refractivity contribution in [2.75, 3.05) is 7.05 Å². The van der Waals surface area contributed by atoms with Crippen molar-refractivity contribution in [1.29, 1.82) is 0 Å². The summed E-state index contributed by atoms with van der Waals surface area (Å²) >= 11 is 0. The number of benzene rings is 2. The minimum Gasteiger partial charge on any atom is -0.281 e. The van der Waals surface area contributed by atoms with E-state index in [2.05, 4.69) is 0 Å². The summed E-state index contributed by atoms with van der Waals surface area (Å²) in [4.78, 5) is 25.8. The lowest BCUT2D eigenvalue weighted by molar-refractivity contribution is -0.129. The molecule has 100 valence electrons. The number of likely N-dealkylation sites (N-methyl/N-ethyl adjacent to an activating group) is 1. The van der Waals surface area contributed by atoms with Crippen molar-refractivity contribution in [2.24, 2.45) is 0 Å². The third-order valence-corrected chi connectivity index (χ3v) is 3.78. The van der Waals surface area contributed by atoms with Gasteiger partial charge in [-0.05, 0) is 23.6 Å². The Kier molecular flexibility index (Phi) is 3.11. The lowest BCUT2D eigenvalue weighted by atomic mass is 9.84. The summed E-state index contributed by atoms with van der Waals surface area (Å²) in [7, 11) is 1.55. The fourth-order valence-corrected chi connectivity index (χ4v) is 2.69. The summed E-state index contributed by atoms with van der Waals surface area (Å²) in [6.07, 6.45) is 0.619. The van der Waals surface area contributed by atoms with Gasteiger partial charge in [0.15, 0.2) is 0 Å². The summed E-state index contributed by atoms with van der Waals surface area (Å²) in [5.74, 6) is -0.622. The molecule has 2 amide bonds. The molecule has 0 aromatic heterocycles. The molecule has 0 saturated carbocycles. The Bertz CT molecular complexity index is 664. The number of imide groups is 1. The maximum atomic E-state index is 12.4. The second-order valence-electron chi connectivity index (χ2n) is 5.03.